The lowest BCUT2D eigenvalue weighted by molar-refractivity contribution is -0.119. The maximum Gasteiger partial charge on any atom is 0.220 e. The molecule has 2 aliphatic rings. The van der Waals surface area contributed by atoms with E-state index in [-0.39, 0.29) is 5.91 Å². The molecule has 74 valence electrons. The first-order chi connectivity index (χ1) is 6.12. The van der Waals surface area contributed by atoms with Gasteiger partial charge in [-0.2, -0.15) is 0 Å². The molecule has 1 saturated carbocycles. The molecule has 1 saturated heterocycles. The van der Waals surface area contributed by atoms with Gasteiger partial charge in [-0.25, -0.2) is 0 Å². The Kier molecular flexibility index (Phi) is 2.09. The van der Waals surface area contributed by atoms with Crippen LogP contribution < -0.4 is 5.32 Å². The summed E-state index contributed by atoms with van der Waals surface area (Å²) >= 11 is 0. The molecule has 0 aromatic carbocycles. The van der Waals surface area contributed by atoms with Crippen molar-refractivity contribution in [3.8, 4) is 0 Å². The number of carbonyl (C=O) groups is 1. The molecule has 0 radical (unpaired) electrons. The lowest BCUT2D eigenvalue weighted by atomic mass is 9.66. The highest BCUT2D eigenvalue weighted by Crippen LogP contribution is 2.46. The third kappa shape index (κ3) is 1.47. The van der Waals surface area contributed by atoms with Gasteiger partial charge < -0.3 is 5.32 Å². The zero-order chi connectivity index (χ0) is 9.47. The first-order valence-corrected chi connectivity index (χ1v) is 5.42. The molecule has 2 fully saturated rings. The molecule has 1 N–H and O–H groups in total. The van der Waals surface area contributed by atoms with Gasteiger partial charge in [0.1, 0.15) is 0 Å². The molecule has 1 aliphatic heterocycles. The van der Waals surface area contributed by atoms with Crippen molar-refractivity contribution < 1.29 is 4.79 Å². The number of hydrogen-bond acceptors (Lipinski definition) is 1. The van der Waals surface area contributed by atoms with Crippen molar-refractivity contribution in [2.24, 2.45) is 11.3 Å². The third-order valence-corrected chi connectivity index (χ3v) is 3.94. The van der Waals surface area contributed by atoms with Gasteiger partial charge >= 0.3 is 0 Å². The second kappa shape index (κ2) is 3.00. The zero-order valence-electron chi connectivity index (χ0n) is 8.60. The number of amides is 1. The van der Waals surface area contributed by atoms with E-state index in [1.54, 1.807) is 0 Å². The number of hydrogen-bond donors (Lipinski definition) is 1. The smallest absolute Gasteiger partial charge is 0.220 e. The van der Waals surface area contributed by atoms with Gasteiger partial charge in [0.25, 0.3) is 0 Å². The Morgan fingerprint density at radius 2 is 2.23 bits per heavy atom. The van der Waals surface area contributed by atoms with Gasteiger partial charge in [0.05, 0.1) is 0 Å². The van der Waals surface area contributed by atoms with Crippen molar-refractivity contribution in [3.05, 3.63) is 0 Å². The standard InChI is InChI=1S/C11H19NO/c1-8-4-3-5-11(6-8)7-10(13)12-9(11)2/h8-9H,3-7H2,1-2H3,(H,12,13). The molecule has 1 amide bonds. The van der Waals surface area contributed by atoms with Crippen LogP contribution in [0.25, 0.3) is 0 Å². The van der Waals surface area contributed by atoms with Crippen LogP contribution in [0.4, 0.5) is 0 Å². The van der Waals surface area contributed by atoms with E-state index in [9.17, 15) is 4.79 Å². The first kappa shape index (κ1) is 9.04. The van der Waals surface area contributed by atoms with Gasteiger partial charge in [-0.1, -0.05) is 19.8 Å². The molecule has 13 heavy (non-hydrogen) atoms. The maximum absolute atomic E-state index is 11.3. The normalized spacial score (nSPS) is 45.2. The van der Waals surface area contributed by atoms with Crippen molar-refractivity contribution in [2.75, 3.05) is 0 Å². The number of nitrogens with one attached hydrogen (secondary N) is 1. The van der Waals surface area contributed by atoms with Gasteiger partial charge in [0.2, 0.25) is 5.91 Å². The fraction of sp³-hybridized carbons (Fsp3) is 0.909. The Balaban J connectivity index is 2.14. The van der Waals surface area contributed by atoms with Crippen LogP contribution in [0.3, 0.4) is 0 Å². The van der Waals surface area contributed by atoms with Gasteiger partial charge in [0, 0.05) is 12.5 Å². The molecule has 0 aromatic heterocycles. The summed E-state index contributed by atoms with van der Waals surface area (Å²) in [6, 6.07) is 0.405. The predicted octanol–water partition coefficient (Wildman–Crippen LogP) is 2.09. The molecule has 1 heterocycles. The van der Waals surface area contributed by atoms with Crippen LogP contribution in [0.2, 0.25) is 0 Å². The minimum Gasteiger partial charge on any atom is -0.353 e. The molecular weight excluding hydrogens is 162 g/mol. The summed E-state index contributed by atoms with van der Waals surface area (Å²) in [6.07, 6.45) is 5.92. The molecular formula is C11H19NO. The van der Waals surface area contributed by atoms with Crippen LogP contribution in [0, 0.1) is 11.3 Å². The molecule has 3 atom stereocenters. The van der Waals surface area contributed by atoms with E-state index in [0.29, 0.717) is 11.5 Å². The Morgan fingerprint density at radius 3 is 2.77 bits per heavy atom. The van der Waals surface area contributed by atoms with E-state index in [1.807, 2.05) is 0 Å². The van der Waals surface area contributed by atoms with Gasteiger partial charge in [-0.3, -0.25) is 4.79 Å². The topological polar surface area (TPSA) is 29.1 Å². The highest BCUT2D eigenvalue weighted by molar-refractivity contribution is 5.79. The lowest BCUT2D eigenvalue weighted by Crippen LogP contribution is -2.37. The summed E-state index contributed by atoms with van der Waals surface area (Å²) in [5, 5.41) is 3.06. The molecule has 1 spiro atoms. The van der Waals surface area contributed by atoms with Crippen molar-refractivity contribution >= 4 is 5.91 Å². The van der Waals surface area contributed by atoms with E-state index in [2.05, 4.69) is 19.2 Å². The highest BCUT2D eigenvalue weighted by atomic mass is 16.2. The maximum atomic E-state index is 11.3. The summed E-state index contributed by atoms with van der Waals surface area (Å²) in [5.41, 5.74) is 0.314. The first-order valence-electron chi connectivity index (χ1n) is 5.42. The third-order valence-electron chi connectivity index (χ3n) is 3.94. The quantitative estimate of drug-likeness (QED) is 0.609. The monoisotopic (exact) mass is 181 g/mol. The van der Waals surface area contributed by atoms with E-state index in [4.69, 9.17) is 0 Å². The molecule has 0 aromatic rings. The van der Waals surface area contributed by atoms with Crippen molar-refractivity contribution in [2.45, 2.75) is 52.0 Å². The van der Waals surface area contributed by atoms with Crippen LogP contribution in [0.1, 0.15) is 46.0 Å². The SMILES string of the molecule is CC1CCCC2(CC(=O)NC2C)C1. The van der Waals surface area contributed by atoms with Crippen LogP contribution in [0.5, 0.6) is 0 Å². The second-order valence-corrected chi connectivity index (χ2v) is 5.03. The molecule has 2 heteroatoms. The Bertz CT molecular complexity index is 226. The van der Waals surface area contributed by atoms with E-state index in [1.165, 1.54) is 25.7 Å². The lowest BCUT2D eigenvalue weighted by Gasteiger charge is -2.39. The van der Waals surface area contributed by atoms with Gasteiger partial charge in [0.15, 0.2) is 0 Å². The van der Waals surface area contributed by atoms with E-state index >= 15 is 0 Å². The minimum atomic E-state index is 0.265. The highest BCUT2D eigenvalue weighted by Gasteiger charge is 2.46. The van der Waals surface area contributed by atoms with Crippen LogP contribution >= 0.6 is 0 Å². The molecule has 0 bridgehead atoms. The van der Waals surface area contributed by atoms with Crippen molar-refractivity contribution in [1.29, 1.82) is 0 Å². The van der Waals surface area contributed by atoms with Crippen LogP contribution in [-0.2, 0) is 4.79 Å². The fourth-order valence-corrected chi connectivity index (χ4v) is 3.17. The van der Waals surface area contributed by atoms with Crippen molar-refractivity contribution in [3.63, 3.8) is 0 Å². The molecule has 1 aliphatic carbocycles. The van der Waals surface area contributed by atoms with Gasteiger partial charge in [-0.05, 0) is 31.1 Å². The minimum absolute atomic E-state index is 0.265. The van der Waals surface area contributed by atoms with E-state index in [0.717, 1.165) is 12.3 Å². The fourth-order valence-electron chi connectivity index (χ4n) is 3.17. The largest absolute Gasteiger partial charge is 0.353 e. The summed E-state index contributed by atoms with van der Waals surface area (Å²) in [6.45, 7) is 4.49. The van der Waals surface area contributed by atoms with Crippen LogP contribution in [0.15, 0.2) is 0 Å². The molecule has 2 nitrogen and oxygen atoms in total. The Hall–Kier alpha value is -0.530. The number of rotatable bonds is 0. The zero-order valence-corrected chi connectivity index (χ0v) is 8.60. The summed E-state index contributed by atoms with van der Waals surface area (Å²) < 4.78 is 0. The Morgan fingerprint density at radius 1 is 1.46 bits per heavy atom. The van der Waals surface area contributed by atoms with Crippen molar-refractivity contribution in [1.82, 2.24) is 5.32 Å². The van der Waals surface area contributed by atoms with Crippen LogP contribution in [-0.4, -0.2) is 11.9 Å². The second-order valence-electron chi connectivity index (χ2n) is 5.03. The van der Waals surface area contributed by atoms with E-state index < -0.39 is 0 Å². The number of carbonyl (C=O) groups excluding carboxylic acids is 1. The summed E-state index contributed by atoms with van der Waals surface area (Å²) in [7, 11) is 0. The Labute approximate surface area is 80.1 Å². The average Bonchev–Trinajstić information content (AvgIpc) is 2.26. The summed E-state index contributed by atoms with van der Waals surface area (Å²) in [5.74, 6) is 1.07. The molecule has 3 unspecified atom stereocenters. The summed E-state index contributed by atoms with van der Waals surface area (Å²) in [4.78, 5) is 11.3. The van der Waals surface area contributed by atoms with Gasteiger partial charge in [-0.15, -0.1) is 0 Å². The average molecular weight is 181 g/mol. The molecule has 2 rings (SSSR count). The predicted molar refractivity (Wildman–Crippen MR) is 52.3 cm³/mol.